The molecule has 0 saturated carbocycles. The number of halogens is 1. The molecule has 5 heteroatoms. The van der Waals surface area contributed by atoms with Gasteiger partial charge in [0.15, 0.2) is 0 Å². The van der Waals surface area contributed by atoms with Crippen molar-refractivity contribution in [1.82, 2.24) is 0 Å². The van der Waals surface area contributed by atoms with Crippen LogP contribution in [0.15, 0.2) is 18.2 Å². The molecule has 1 aliphatic heterocycles. The van der Waals surface area contributed by atoms with Gasteiger partial charge in [0, 0.05) is 18.7 Å². The number of para-hydroxylation sites is 1. The first-order chi connectivity index (χ1) is 8.11. The van der Waals surface area contributed by atoms with Gasteiger partial charge in [0.2, 0.25) is 0 Å². The van der Waals surface area contributed by atoms with Crippen molar-refractivity contribution in [2.24, 2.45) is 0 Å². The van der Waals surface area contributed by atoms with Crippen LogP contribution in [0.3, 0.4) is 0 Å². The van der Waals surface area contributed by atoms with Crippen molar-refractivity contribution in [3.05, 3.63) is 33.3 Å². The molecule has 1 atom stereocenters. The standard InChI is InChI=1S/C12H15ClN2O2/c1-9-5-2-3-8-14(9)12-10(13)6-4-7-11(12)15(16)17/h4,6-7,9H,2-3,5,8H2,1H3/t9-/m1/s1. The number of rotatable bonds is 2. The third-order valence-corrected chi connectivity index (χ3v) is 3.56. The molecule has 2 rings (SSSR count). The van der Waals surface area contributed by atoms with Gasteiger partial charge in [-0.05, 0) is 32.3 Å². The predicted molar refractivity (Wildman–Crippen MR) is 68.8 cm³/mol. The lowest BCUT2D eigenvalue weighted by Gasteiger charge is -2.35. The summed E-state index contributed by atoms with van der Waals surface area (Å²) in [5, 5.41) is 11.5. The zero-order valence-electron chi connectivity index (χ0n) is 9.73. The molecule has 0 aliphatic carbocycles. The molecule has 0 unspecified atom stereocenters. The second-order valence-electron chi connectivity index (χ2n) is 4.40. The largest absolute Gasteiger partial charge is 0.362 e. The summed E-state index contributed by atoms with van der Waals surface area (Å²) in [6.07, 6.45) is 3.30. The Labute approximate surface area is 105 Å². The van der Waals surface area contributed by atoms with Gasteiger partial charge in [0.1, 0.15) is 5.69 Å². The molecule has 1 fully saturated rings. The molecule has 0 aromatic heterocycles. The first kappa shape index (κ1) is 12.2. The Morgan fingerprint density at radius 1 is 1.47 bits per heavy atom. The molecule has 0 amide bonds. The fraction of sp³-hybridized carbons (Fsp3) is 0.500. The summed E-state index contributed by atoms with van der Waals surface area (Å²) >= 11 is 6.13. The average molecular weight is 255 g/mol. The highest BCUT2D eigenvalue weighted by molar-refractivity contribution is 6.33. The fourth-order valence-electron chi connectivity index (χ4n) is 2.37. The van der Waals surface area contributed by atoms with Gasteiger partial charge in [-0.3, -0.25) is 10.1 Å². The van der Waals surface area contributed by atoms with E-state index in [0.717, 1.165) is 19.4 Å². The minimum absolute atomic E-state index is 0.103. The molecule has 17 heavy (non-hydrogen) atoms. The number of benzene rings is 1. The lowest BCUT2D eigenvalue weighted by molar-refractivity contribution is -0.384. The molecular weight excluding hydrogens is 240 g/mol. The first-order valence-corrected chi connectivity index (χ1v) is 6.18. The summed E-state index contributed by atoms with van der Waals surface area (Å²) in [6.45, 7) is 2.93. The number of nitro groups is 1. The predicted octanol–water partition coefficient (Wildman–Crippen LogP) is 3.63. The number of piperidine rings is 1. The molecule has 0 N–H and O–H groups in total. The number of hydrogen-bond donors (Lipinski definition) is 0. The normalized spacial score (nSPS) is 20.4. The van der Waals surface area contributed by atoms with E-state index in [9.17, 15) is 10.1 Å². The van der Waals surface area contributed by atoms with E-state index < -0.39 is 0 Å². The van der Waals surface area contributed by atoms with E-state index in [1.807, 2.05) is 0 Å². The maximum Gasteiger partial charge on any atom is 0.294 e. The lowest BCUT2D eigenvalue weighted by atomic mass is 10.0. The van der Waals surface area contributed by atoms with E-state index in [1.54, 1.807) is 12.1 Å². The Kier molecular flexibility index (Phi) is 3.52. The fourth-order valence-corrected chi connectivity index (χ4v) is 2.64. The average Bonchev–Trinajstić information content (AvgIpc) is 2.30. The number of nitrogens with zero attached hydrogens (tertiary/aromatic N) is 2. The van der Waals surface area contributed by atoms with Gasteiger partial charge >= 0.3 is 0 Å². The second-order valence-corrected chi connectivity index (χ2v) is 4.81. The van der Waals surface area contributed by atoms with E-state index in [4.69, 9.17) is 11.6 Å². The summed E-state index contributed by atoms with van der Waals surface area (Å²) in [5.41, 5.74) is 0.678. The third kappa shape index (κ3) is 2.36. The highest BCUT2D eigenvalue weighted by Crippen LogP contribution is 2.38. The topological polar surface area (TPSA) is 46.4 Å². The minimum atomic E-state index is -0.359. The van der Waals surface area contributed by atoms with E-state index in [-0.39, 0.29) is 10.6 Å². The highest BCUT2D eigenvalue weighted by Gasteiger charge is 2.27. The van der Waals surface area contributed by atoms with Crippen molar-refractivity contribution in [2.45, 2.75) is 32.2 Å². The Morgan fingerprint density at radius 3 is 2.88 bits per heavy atom. The number of hydrogen-bond acceptors (Lipinski definition) is 3. The van der Waals surface area contributed by atoms with Gasteiger partial charge in [-0.25, -0.2) is 0 Å². The van der Waals surface area contributed by atoms with Crippen LogP contribution in [0.5, 0.6) is 0 Å². The molecule has 1 aromatic carbocycles. The molecule has 1 aromatic rings. The summed E-state index contributed by atoms with van der Waals surface area (Å²) in [4.78, 5) is 12.7. The molecular formula is C12H15ClN2O2. The van der Waals surface area contributed by atoms with Gasteiger partial charge in [0.25, 0.3) is 5.69 Å². The van der Waals surface area contributed by atoms with Crippen molar-refractivity contribution < 1.29 is 4.92 Å². The molecule has 0 spiro atoms. The molecule has 92 valence electrons. The van der Waals surface area contributed by atoms with E-state index in [0.29, 0.717) is 16.8 Å². The maximum absolute atomic E-state index is 11.0. The summed E-state index contributed by atoms with van der Waals surface area (Å²) < 4.78 is 0. The van der Waals surface area contributed by atoms with Crippen LogP contribution >= 0.6 is 11.6 Å². The SMILES string of the molecule is C[C@@H]1CCCCN1c1c(Cl)cccc1[N+](=O)[O-]. The van der Waals surface area contributed by atoms with E-state index in [2.05, 4.69) is 11.8 Å². The van der Waals surface area contributed by atoms with Crippen molar-refractivity contribution in [3.8, 4) is 0 Å². The first-order valence-electron chi connectivity index (χ1n) is 5.81. The number of nitro benzene ring substituents is 1. The molecule has 1 heterocycles. The summed E-state index contributed by atoms with van der Waals surface area (Å²) in [5.74, 6) is 0. The quantitative estimate of drug-likeness (QED) is 0.598. The zero-order chi connectivity index (χ0) is 12.4. The van der Waals surface area contributed by atoms with Crippen LogP contribution in [-0.4, -0.2) is 17.5 Å². The van der Waals surface area contributed by atoms with Gasteiger partial charge in [-0.1, -0.05) is 17.7 Å². The Balaban J connectivity index is 2.45. The Hall–Kier alpha value is -1.29. The summed E-state index contributed by atoms with van der Waals surface area (Å²) in [6, 6.07) is 5.16. The minimum Gasteiger partial charge on any atom is -0.362 e. The monoisotopic (exact) mass is 254 g/mol. The van der Waals surface area contributed by atoms with Crippen LogP contribution in [0.4, 0.5) is 11.4 Å². The molecule has 4 nitrogen and oxygen atoms in total. The second kappa shape index (κ2) is 4.92. The Bertz CT molecular complexity index is 437. The Morgan fingerprint density at radius 2 is 2.24 bits per heavy atom. The molecule has 1 saturated heterocycles. The van der Waals surface area contributed by atoms with E-state index >= 15 is 0 Å². The van der Waals surface area contributed by atoms with Crippen LogP contribution in [0.2, 0.25) is 5.02 Å². The van der Waals surface area contributed by atoms with Crippen LogP contribution in [0.1, 0.15) is 26.2 Å². The van der Waals surface area contributed by atoms with Crippen LogP contribution < -0.4 is 4.90 Å². The van der Waals surface area contributed by atoms with Crippen LogP contribution in [0, 0.1) is 10.1 Å². The summed E-state index contributed by atoms with van der Waals surface area (Å²) in [7, 11) is 0. The smallest absolute Gasteiger partial charge is 0.294 e. The third-order valence-electron chi connectivity index (χ3n) is 3.25. The van der Waals surface area contributed by atoms with E-state index in [1.165, 1.54) is 12.5 Å². The van der Waals surface area contributed by atoms with Crippen LogP contribution in [0.25, 0.3) is 0 Å². The van der Waals surface area contributed by atoms with Crippen molar-refractivity contribution in [3.63, 3.8) is 0 Å². The number of anilines is 1. The van der Waals surface area contributed by atoms with Crippen molar-refractivity contribution in [1.29, 1.82) is 0 Å². The highest BCUT2D eigenvalue weighted by atomic mass is 35.5. The zero-order valence-corrected chi connectivity index (χ0v) is 10.5. The van der Waals surface area contributed by atoms with Gasteiger partial charge in [0.05, 0.1) is 9.95 Å². The van der Waals surface area contributed by atoms with Gasteiger partial charge in [-0.2, -0.15) is 0 Å². The lowest BCUT2D eigenvalue weighted by Crippen LogP contribution is -2.38. The maximum atomic E-state index is 11.0. The van der Waals surface area contributed by atoms with Crippen molar-refractivity contribution >= 4 is 23.0 Å². The molecule has 0 radical (unpaired) electrons. The molecule has 0 bridgehead atoms. The molecule has 1 aliphatic rings. The van der Waals surface area contributed by atoms with Gasteiger partial charge < -0.3 is 4.90 Å². The van der Waals surface area contributed by atoms with Crippen LogP contribution in [-0.2, 0) is 0 Å². The van der Waals surface area contributed by atoms with Crippen molar-refractivity contribution in [2.75, 3.05) is 11.4 Å². The van der Waals surface area contributed by atoms with Gasteiger partial charge in [-0.15, -0.1) is 0 Å².